The number of nitrogens with one attached hydrogen (secondary N) is 2. The Balaban J connectivity index is 1.82. The lowest BCUT2D eigenvalue weighted by Gasteiger charge is -2.22. The largest absolute Gasteiger partial charge is 0.356 e. The van der Waals surface area contributed by atoms with Crippen LogP contribution in [-0.2, 0) is 5.41 Å². The standard InChI is InChI=1S/C26H24N4O2/c1-26(2,3)19-14-8-10-16-21(19)29-24(31)28-30(25(29)32)23-18-13-7-9-15-20(18)27-22(23)17-11-5-4-6-12-17/h4-16,27H,1-3H3,(H,28,31). The molecule has 0 spiro atoms. The molecule has 0 bridgehead atoms. The average molecular weight is 425 g/mol. The highest BCUT2D eigenvalue weighted by molar-refractivity contribution is 5.96. The van der Waals surface area contributed by atoms with Crippen LogP contribution >= 0.6 is 0 Å². The lowest BCUT2D eigenvalue weighted by Crippen LogP contribution is -2.29. The van der Waals surface area contributed by atoms with Gasteiger partial charge in [-0.1, -0.05) is 87.5 Å². The summed E-state index contributed by atoms with van der Waals surface area (Å²) in [5.74, 6) is 0. The van der Waals surface area contributed by atoms with Crippen molar-refractivity contribution in [3.63, 3.8) is 0 Å². The molecule has 0 fully saturated rings. The molecule has 0 aliphatic rings. The molecule has 2 heterocycles. The minimum Gasteiger partial charge on any atom is -0.353 e. The first-order valence-corrected chi connectivity index (χ1v) is 10.6. The van der Waals surface area contributed by atoms with Crippen molar-refractivity contribution in [3.8, 4) is 22.6 Å². The number of aromatic nitrogens is 4. The molecule has 2 N–H and O–H groups in total. The van der Waals surface area contributed by atoms with Crippen LogP contribution in [0.4, 0.5) is 0 Å². The number of hydrogen-bond acceptors (Lipinski definition) is 2. The molecule has 32 heavy (non-hydrogen) atoms. The van der Waals surface area contributed by atoms with E-state index in [0.29, 0.717) is 11.4 Å². The molecule has 5 rings (SSSR count). The van der Waals surface area contributed by atoms with Gasteiger partial charge in [0.2, 0.25) is 0 Å². The lowest BCUT2D eigenvalue weighted by atomic mass is 9.86. The summed E-state index contributed by atoms with van der Waals surface area (Å²) in [5.41, 5.74) is 3.57. The molecule has 0 saturated heterocycles. The van der Waals surface area contributed by atoms with Gasteiger partial charge < -0.3 is 4.98 Å². The zero-order valence-electron chi connectivity index (χ0n) is 18.2. The summed E-state index contributed by atoms with van der Waals surface area (Å²) in [6, 6.07) is 25.1. The third-order valence-corrected chi connectivity index (χ3v) is 5.71. The predicted molar refractivity (Wildman–Crippen MR) is 128 cm³/mol. The fourth-order valence-corrected chi connectivity index (χ4v) is 4.22. The van der Waals surface area contributed by atoms with Crippen molar-refractivity contribution in [2.45, 2.75) is 26.2 Å². The molecule has 6 heteroatoms. The van der Waals surface area contributed by atoms with E-state index in [1.807, 2.05) is 78.9 Å². The zero-order valence-corrected chi connectivity index (χ0v) is 18.2. The number of H-pyrrole nitrogens is 2. The van der Waals surface area contributed by atoms with E-state index in [-0.39, 0.29) is 5.41 Å². The van der Waals surface area contributed by atoms with Crippen molar-refractivity contribution in [2.24, 2.45) is 0 Å². The van der Waals surface area contributed by atoms with Crippen molar-refractivity contribution in [1.82, 2.24) is 19.3 Å². The van der Waals surface area contributed by atoms with Gasteiger partial charge in [0.15, 0.2) is 0 Å². The number of fused-ring (bicyclic) bond motifs is 1. The average Bonchev–Trinajstić information content (AvgIpc) is 3.30. The molecule has 0 radical (unpaired) electrons. The van der Waals surface area contributed by atoms with Crippen molar-refractivity contribution >= 4 is 10.9 Å². The van der Waals surface area contributed by atoms with Gasteiger partial charge in [-0.15, -0.1) is 0 Å². The van der Waals surface area contributed by atoms with Crippen LogP contribution < -0.4 is 11.4 Å². The van der Waals surface area contributed by atoms with Crippen LogP contribution in [0.25, 0.3) is 33.5 Å². The van der Waals surface area contributed by atoms with E-state index in [2.05, 4.69) is 30.9 Å². The van der Waals surface area contributed by atoms with Crippen LogP contribution in [0.3, 0.4) is 0 Å². The van der Waals surface area contributed by atoms with E-state index in [0.717, 1.165) is 27.7 Å². The summed E-state index contributed by atoms with van der Waals surface area (Å²) < 4.78 is 2.57. The highest BCUT2D eigenvalue weighted by Crippen LogP contribution is 2.32. The molecular weight excluding hydrogens is 400 g/mol. The van der Waals surface area contributed by atoms with E-state index in [1.54, 1.807) is 0 Å². The van der Waals surface area contributed by atoms with Crippen molar-refractivity contribution in [2.75, 3.05) is 0 Å². The molecule has 0 atom stereocenters. The predicted octanol–water partition coefficient (Wildman–Crippen LogP) is 4.76. The fraction of sp³-hybridized carbons (Fsp3) is 0.154. The molecule has 0 unspecified atom stereocenters. The minimum absolute atomic E-state index is 0.236. The molecule has 5 aromatic rings. The molecular formula is C26H24N4O2. The summed E-state index contributed by atoms with van der Waals surface area (Å²) in [6.45, 7) is 6.19. The topological polar surface area (TPSA) is 75.6 Å². The highest BCUT2D eigenvalue weighted by atomic mass is 16.2. The lowest BCUT2D eigenvalue weighted by molar-refractivity contribution is 0.584. The smallest absolute Gasteiger partial charge is 0.353 e. The van der Waals surface area contributed by atoms with Crippen LogP contribution in [0.5, 0.6) is 0 Å². The second-order valence-electron chi connectivity index (χ2n) is 8.90. The van der Waals surface area contributed by atoms with Gasteiger partial charge in [-0.3, -0.25) is 0 Å². The monoisotopic (exact) mass is 424 g/mol. The summed E-state index contributed by atoms with van der Waals surface area (Å²) >= 11 is 0. The third-order valence-electron chi connectivity index (χ3n) is 5.71. The van der Waals surface area contributed by atoms with E-state index < -0.39 is 11.4 Å². The Morgan fingerprint density at radius 1 is 0.781 bits per heavy atom. The van der Waals surface area contributed by atoms with Crippen LogP contribution in [0.2, 0.25) is 0 Å². The van der Waals surface area contributed by atoms with Crippen molar-refractivity contribution in [3.05, 3.63) is 105 Å². The Morgan fingerprint density at radius 2 is 1.44 bits per heavy atom. The summed E-state index contributed by atoms with van der Waals surface area (Å²) in [5, 5.41) is 3.64. The molecule has 6 nitrogen and oxygen atoms in total. The van der Waals surface area contributed by atoms with Gasteiger partial charge in [0, 0.05) is 16.5 Å². The van der Waals surface area contributed by atoms with E-state index in [1.165, 1.54) is 9.25 Å². The fourth-order valence-electron chi connectivity index (χ4n) is 4.22. The Hall–Kier alpha value is -4.06. The normalized spacial score (nSPS) is 11.8. The number of para-hydroxylation sites is 2. The van der Waals surface area contributed by atoms with Crippen molar-refractivity contribution < 1.29 is 0 Å². The van der Waals surface area contributed by atoms with E-state index in [4.69, 9.17) is 0 Å². The second kappa shape index (κ2) is 7.27. The number of benzene rings is 3. The SMILES string of the molecule is CC(C)(C)c1ccccc1-n1c(=O)[nH]n(-c2c(-c3ccccc3)[nH]c3ccccc23)c1=O. The van der Waals surface area contributed by atoms with Gasteiger partial charge in [0.25, 0.3) is 0 Å². The highest BCUT2D eigenvalue weighted by Gasteiger charge is 2.24. The first-order chi connectivity index (χ1) is 15.4. The van der Waals surface area contributed by atoms with E-state index >= 15 is 0 Å². The van der Waals surface area contributed by atoms with Crippen molar-refractivity contribution in [1.29, 1.82) is 0 Å². The molecule has 0 aliphatic heterocycles. The van der Waals surface area contributed by atoms with Gasteiger partial charge in [-0.25, -0.2) is 19.3 Å². The molecule has 0 aliphatic carbocycles. The summed E-state index contributed by atoms with van der Waals surface area (Å²) in [4.78, 5) is 30.2. The summed E-state index contributed by atoms with van der Waals surface area (Å²) in [7, 11) is 0. The third kappa shape index (κ3) is 3.12. The number of hydrogen-bond donors (Lipinski definition) is 2. The molecule has 0 saturated carbocycles. The van der Waals surface area contributed by atoms with Crippen LogP contribution in [0, 0.1) is 0 Å². The van der Waals surface area contributed by atoms with Crippen LogP contribution in [0.15, 0.2) is 88.5 Å². The minimum atomic E-state index is -0.476. The first-order valence-electron chi connectivity index (χ1n) is 10.6. The number of rotatable bonds is 3. The maximum absolute atomic E-state index is 13.7. The Kier molecular flexibility index (Phi) is 4.51. The van der Waals surface area contributed by atoms with Crippen LogP contribution in [0.1, 0.15) is 26.3 Å². The molecule has 0 amide bonds. The Bertz CT molecular complexity index is 1540. The Labute approximate surface area is 184 Å². The molecule has 3 aromatic carbocycles. The zero-order chi connectivity index (χ0) is 22.5. The number of nitrogens with zero attached hydrogens (tertiary/aromatic N) is 2. The van der Waals surface area contributed by atoms with Gasteiger partial charge in [-0.05, 0) is 23.1 Å². The maximum atomic E-state index is 13.7. The van der Waals surface area contributed by atoms with Crippen LogP contribution in [-0.4, -0.2) is 19.3 Å². The molecule has 2 aromatic heterocycles. The number of aromatic amines is 2. The van der Waals surface area contributed by atoms with E-state index in [9.17, 15) is 9.59 Å². The maximum Gasteiger partial charge on any atom is 0.356 e. The summed E-state index contributed by atoms with van der Waals surface area (Å²) in [6.07, 6.45) is 0. The second-order valence-corrected chi connectivity index (χ2v) is 8.90. The van der Waals surface area contributed by atoms with Gasteiger partial charge in [-0.2, -0.15) is 4.68 Å². The van der Waals surface area contributed by atoms with Gasteiger partial charge in [0.1, 0.15) is 5.69 Å². The van der Waals surface area contributed by atoms with Gasteiger partial charge >= 0.3 is 11.4 Å². The quantitative estimate of drug-likeness (QED) is 0.438. The van der Waals surface area contributed by atoms with Gasteiger partial charge in [0.05, 0.1) is 11.4 Å². The Morgan fingerprint density at radius 3 is 2.19 bits per heavy atom. The molecule has 160 valence electrons. The first kappa shape index (κ1) is 19.9.